The Morgan fingerprint density at radius 2 is 1.94 bits per heavy atom. The smallest absolute Gasteiger partial charge is 0.252 e. The molecule has 1 unspecified atom stereocenters. The molecule has 1 saturated carbocycles. The number of ether oxygens (including phenoxy) is 2. The molecule has 0 radical (unpaired) electrons. The van der Waals surface area contributed by atoms with Crippen molar-refractivity contribution in [3.05, 3.63) is 39.5 Å². The Hall–Kier alpha value is -1.69. The lowest BCUT2D eigenvalue weighted by molar-refractivity contribution is -0.151. The first-order valence-electron chi connectivity index (χ1n) is 12.1. The molecule has 2 aliphatic carbocycles. The third-order valence-electron chi connectivity index (χ3n) is 6.85. The lowest BCUT2D eigenvalue weighted by Crippen LogP contribution is -2.59. The van der Waals surface area contributed by atoms with Crippen LogP contribution in [0, 0.1) is 3.57 Å². The van der Waals surface area contributed by atoms with Gasteiger partial charge in [0, 0.05) is 31.2 Å². The highest BCUT2D eigenvalue weighted by atomic mass is 127. The topological polar surface area (TPSA) is 108 Å². The van der Waals surface area contributed by atoms with Gasteiger partial charge in [-0.1, -0.05) is 25.0 Å². The van der Waals surface area contributed by atoms with E-state index >= 15 is 0 Å². The molecule has 1 aliphatic heterocycles. The number of benzene rings is 1. The maximum Gasteiger partial charge on any atom is 0.252 e. The summed E-state index contributed by atoms with van der Waals surface area (Å²) in [5, 5.41) is 23.3. The Morgan fingerprint density at radius 1 is 1.18 bits per heavy atom. The molecule has 1 aromatic rings. The molecule has 4 rings (SSSR count). The van der Waals surface area contributed by atoms with Gasteiger partial charge >= 0.3 is 0 Å². The third-order valence-corrected chi connectivity index (χ3v) is 7.74. The molecular weight excluding hydrogens is 551 g/mol. The molecule has 2 fully saturated rings. The molecule has 1 heterocycles. The van der Waals surface area contributed by atoms with Gasteiger partial charge in [0.15, 0.2) is 0 Å². The summed E-state index contributed by atoms with van der Waals surface area (Å²) in [7, 11) is 0. The maximum atomic E-state index is 13.6. The maximum absolute atomic E-state index is 13.6. The van der Waals surface area contributed by atoms with Crippen LogP contribution in [0.2, 0.25) is 0 Å². The summed E-state index contributed by atoms with van der Waals surface area (Å²) < 4.78 is 12.8. The molecule has 0 spiro atoms. The summed E-state index contributed by atoms with van der Waals surface area (Å²) >= 11 is 2.17. The molecule has 4 atom stereocenters. The van der Waals surface area contributed by atoms with E-state index in [0.29, 0.717) is 24.4 Å². The predicted octanol–water partition coefficient (Wildman–Crippen LogP) is 2.16. The number of carbonyl (C=O) groups excluding carboxylic acids is 2. The van der Waals surface area contributed by atoms with Gasteiger partial charge in [-0.15, -0.1) is 0 Å². The van der Waals surface area contributed by atoms with Gasteiger partial charge in [0.1, 0.15) is 24.1 Å². The number of nitrogens with zero attached hydrogens (tertiary/aromatic N) is 1. The molecule has 8 nitrogen and oxygen atoms in total. The highest BCUT2D eigenvalue weighted by molar-refractivity contribution is 14.1. The summed E-state index contributed by atoms with van der Waals surface area (Å²) in [6.07, 6.45) is 4.90. The zero-order valence-corrected chi connectivity index (χ0v) is 21.4. The van der Waals surface area contributed by atoms with Crippen molar-refractivity contribution in [2.45, 2.75) is 75.3 Å². The first-order chi connectivity index (χ1) is 16.5. The van der Waals surface area contributed by atoms with Crippen LogP contribution in [0.4, 0.5) is 0 Å². The summed E-state index contributed by atoms with van der Waals surface area (Å²) in [6, 6.07) is 6.89. The van der Waals surface area contributed by atoms with Gasteiger partial charge in [-0.05, 0) is 66.5 Å². The summed E-state index contributed by atoms with van der Waals surface area (Å²) in [5.41, 5.74) is 0.447. The number of halogens is 1. The number of para-hydroxylation sites is 1. The monoisotopic (exact) mass is 584 g/mol. The van der Waals surface area contributed by atoms with Crippen molar-refractivity contribution < 1.29 is 29.3 Å². The Balaban J connectivity index is 1.66. The van der Waals surface area contributed by atoms with E-state index in [1.165, 1.54) is 0 Å². The Labute approximate surface area is 213 Å². The zero-order chi connectivity index (χ0) is 24.1. The van der Waals surface area contributed by atoms with E-state index in [0.717, 1.165) is 35.7 Å². The first kappa shape index (κ1) is 25.4. The molecule has 9 heteroatoms. The van der Waals surface area contributed by atoms with E-state index in [2.05, 4.69) is 27.9 Å². The number of aliphatic hydroxyl groups is 2. The van der Waals surface area contributed by atoms with Crippen molar-refractivity contribution in [3.8, 4) is 5.75 Å². The highest BCUT2D eigenvalue weighted by Crippen LogP contribution is 2.35. The Bertz CT molecular complexity index is 897. The molecule has 34 heavy (non-hydrogen) atoms. The molecule has 186 valence electrons. The number of rotatable bonds is 8. The Kier molecular flexibility index (Phi) is 8.84. The number of hydrogen-bond donors (Lipinski definition) is 3. The minimum Gasteiger partial charge on any atom is -0.482 e. The van der Waals surface area contributed by atoms with Crippen LogP contribution in [-0.2, 0) is 14.3 Å². The zero-order valence-electron chi connectivity index (χ0n) is 19.2. The van der Waals surface area contributed by atoms with Gasteiger partial charge < -0.3 is 29.9 Å². The lowest BCUT2D eigenvalue weighted by atomic mass is 9.86. The van der Waals surface area contributed by atoms with Gasteiger partial charge in [0.25, 0.3) is 5.91 Å². The van der Waals surface area contributed by atoms with Crippen LogP contribution in [-0.4, -0.2) is 77.1 Å². The van der Waals surface area contributed by atoms with E-state index in [9.17, 15) is 14.7 Å². The van der Waals surface area contributed by atoms with E-state index in [-0.39, 0.29) is 37.4 Å². The minimum atomic E-state index is -1.00. The second-order valence-electron chi connectivity index (χ2n) is 9.13. The summed E-state index contributed by atoms with van der Waals surface area (Å²) in [4.78, 5) is 28.3. The van der Waals surface area contributed by atoms with Gasteiger partial charge in [-0.3, -0.25) is 9.59 Å². The van der Waals surface area contributed by atoms with Crippen molar-refractivity contribution in [2.75, 3.05) is 19.8 Å². The predicted molar refractivity (Wildman–Crippen MR) is 134 cm³/mol. The largest absolute Gasteiger partial charge is 0.482 e. The molecule has 3 aliphatic rings. The third kappa shape index (κ3) is 5.75. The van der Waals surface area contributed by atoms with E-state index in [1.54, 1.807) is 6.08 Å². The van der Waals surface area contributed by atoms with Crippen LogP contribution in [0.3, 0.4) is 0 Å². The fourth-order valence-electron chi connectivity index (χ4n) is 5.17. The number of hydrogen-bond acceptors (Lipinski definition) is 6. The SMILES string of the molecule is O=C(NCCO)C1=C[C@H](Oc2ccccc2I)[C@@H](O)[C@H](N(C(=O)C2CCCO2)C2CCCC2)C1. The van der Waals surface area contributed by atoms with Crippen LogP contribution in [0.1, 0.15) is 44.9 Å². The van der Waals surface area contributed by atoms with Gasteiger partial charge in [-0.2, -0.15) is 0 Å². The van der Waals surface area contributed by atoms with Crippen molar-refractivity contribution in [2.24, 2.45) is 0 Å². The van der Waals surface area contributed by atoms with Crippen molar-refractivity contribution in [1.82, 2.24) is 10.2 Å². The first-order valence-corrected chi connectivity index (χ1v) is 13.2. The van der Waals surface area contributed by atoms with Crippen LogP contribution < -0.4 is 10.1 Å². The molecule has 0 bridgehead atoms. The molecule has 1 saturated heterocycles. The van der Waals surface area contributed by atoms with Gasteiger partial charge in [0.2, 0.25) is 5.91 Å². The summed E-state index contributed by atoms with van der Waals surface area (Å²) in [5.74, 6) is 0.189. The van der Waals surface area contributed by atoms with Crippen LogP contribution >= 0.6 is 22.6 Å². The normalized spacial score (nSPS) is 27.3. The van der Waals surface area contributed by atoms with Crippen LogP contribution in [0.25, 0.3) is 0 Å². The molecule has 1 aromatic carbocycles. The van der Waals surface area contributed by atoms with Crippen LogP contribution in [0.5, 0.6) is 5.75 Å². The highest BCUT2D eigenvalue weighted by Gasteiger charge is 2.45. The van der Waals surface area contributed by atoms with Crippen molar-refractivity contribution in [3.63, 3.8) is 0 Å². The number of nitrogens with one attached hydrogen (secondary N) is 1. The number of aliphatic hydroxyl groups excluding tert-OH is 2. The average molecular weight is 584 g/mol. The van der Waals surface area contributed by atoms with Gasteiger partial charge in [-0.25, -0.2) is 0 Å². The average Bonchev–Trinajstić information content (AvgIpc) is 3.56. The molecular formula is C25H33IN2O6. The van der Waals surface area contributed by atoms with Gasteiger partial charge in [0.05, 0.1) is 16.2 Å². The lowest BCUT2D eigenvalue weighted by Gasteiger charge is -2.44. The summed E-state index contributed by atoms with van der Waals surface area (Å²) in [6.45, 7) is 0.528. The number of amides is 2. The molecule has 0 aromatic heterocycles. The van der Waals surface area contributed by atoms with E-state index < -0.39 is 24.4 Å². The number of carbonyl (C=O) groups is 2. The standard InChI is InChI=1S/C25H33IN2O6/c26-18-8-3-4-9-20(18)34-22-15-16(24(31)27-11-12-29)14-19(23(22)30)28(17-6-1-2-7-17)25(32)21-10-5-13-33-21/h3-4,8-9,15,17,19,21-23,29-30H,1-2,5-7,10-14H2,(H,27,31)/t19-,21?,22+,23+/m1/s1. The van der Waals surface area contributed by atoms with Crippen LogP contribution in [0.15, 0.2) is 35.9 Å². The van der Waals surface area contributed by atoms with Crippen molar-refractivity contribution >= 4 is 34.4 Å². The minimum absolute atomic E-state index is 0.00807. The fraction of sp³-hybridized carbons (Fsp3) is 0.600. The second kappa shape index (κ2) is 11.8. The van der Waals surface area contributed by atoms with Crippen molar-refractivity contribution in [1.29, 1.82) is 0 Å². The Morgan fingerprint density at radius 3 is 2.62 bits per heavy atom. The second-order valence-corrected chi connectivity index (χ2v) is 10.3. The quantitative estimate of drug-likeness (QED) is 0.405. The van der Waals surface area contributed by atoms with E-state index in [1.807, 2.05) is 29.2 Å². The molecule has 3 N–H and O–H groups in total. The van der Waals surface area contributed by atoms with E-state index in [4.69, 9.17) is 14.6 Å². The fourth-order valence-corrected chi connectivity index (χ4v) is 5.68. The molecule has 2 amide bonds.